The van der Waals surface area contributed by atoms with Gasteiger partial charge in [0.2, 0.25) is 0 Å². The van der Waals surface area contributed by atoms with Crippen LogP contribution in [-0.4, -0.2) is 11.1 Å². The van der Waals surface area contributed by atoms with Gasteiger partial charge in [0.05, 0.1) is 5.56 Å². The first-order valence-electron chi connectivity index (χ1n) is 5.87. The summed E-state index contributed by atoms with van der Waals surface area (Å²) in [5.41, 5.74) is 6.39. The molecule has 0 aliphatic rings. The van der Waals surface area contributed by atoms with Gasteiger partial charge < -0.3 is 10.3 Å². The summed E-state index contributed by atoms with van der Waals surface area (Å²) >= 11 is 0. The molecule has 0 spiro atoms. The highest BCUT2D eigenvalue weighted by Crippen LogP contribution is 2.36. The lowest BCUT2D eigenvalue weighted by atomic mass is 10.1. The van der Waals surface area contributed by atoms with Gasteiger partial charge in [0.1, 0.15) is 0 Å². The second kappa shape index (κ2) is 4.65. The van der Waals surface area contributed by atoms with Crippen LogP contribution in [0.1, 0.15) is 18.2 Å². The van der Waals surface area contributed by atoms with Crippen molar-refractivity contribution in [2.45, 2.75) is 26.1 Å². The molecule has 1 heterocycles. The largest absolute Gasteiger partial charge is 0.417 e. The van der Waals surface area contributed by atoms with Crippen molar-refractivity contribution in [3.05, 3.63) is 35.5 Å². The number of fused-ring (bicyclic) bond motifs is 1. The van der Waals surface area contributed by atoms with E-state index in [-0.39, 0.29) is 5.39 Å². The Kier molecular flexibility index (Phi) is 3.34. The number of hydrogen-bond donors (Lipinski definition) is 1. The lowest BCUT2D eigenvalue weighted by molar-refractivity contribution is -0.136. The summed E-state index contributed by atoms with van der Waals surface area (Å²) in [6.07, 6.45) is -3.74. The monoisotopic (exact) mass is 256 g/mol. The number of nitrogens with two attached hydrogens (primary N) is 1. The van der Waals surface area contributed by atoms with Crippen molar-refractivity contribution in [3.8, 4) is 0 Å². The SMILES string of the molecule is CCn1c(CCN)cc2c(C(F)(F)F)cccc21. The number of halogens is 3. The van der Waals surface area contributed by atoms with Gasteiger partial charge in [-0.3, -0.25) is 0 Å². The molecule has 0 amide bonds. The number of nitrogens with zero attached hydrogens (tertiary/aromatic N) is 1. The summed E-state index contributed by atoms with van der Waals surface area (Å²) < 4.78 is 40.6. The minimum Gasteiger partial charge on any atom is -0.345 e. The second-order valence-electron chi connectivity index (χ2n) is 4.15. The first-order chi connectivity index (χ1) is 8.49. The molecule has 18 heavy (non-hydrogen) atoms. The maximum atomic E-state index is 12.9. The highest BCUT2D eigenvalue weighted by Gasteiger charge is 2.33. The molecule has 1 aromatic carbocycles. The van der Waals surface area contributed by atoms with Gasteiger partial charge >= 0.3 is 6.18 Å². The van der Waals surface area contributed by atoms with Crippen molar-refractivity contribution >= 4 is 10.9 Å². The Morgan fingerprint density at radius 3 is 2.56 bits per heavy atom. The molecule has 0 atom stereocenters. The molecule has 0 saturated carbocycles. The van der Waals surface area contributed by atoms with Crippen LogP contribution in [0.25, 0.3) is 10.9 Å². The summed E-state index contributed by atoms with van der Waals surface area (Å²) in [4.78, 5) is 0. The maximum absolute atomic E-state index is 12.9. The molecule has 0 aliphatic heterocycles. The summed E-state index contributed by atoms with van der Waals surface area (Å²) in [6.45, 7) is 2.98. The van der Waals surface area contributed by atoms with Crippen molar-refractivity contribution in [1.29, 1.82) is 0 Å². The van der Waals surface area contributed by atoms with Crippen LogP contribution >= 0.6 is 0 Å². The van der Waals surface area contributed by atoms with Crippen molar-refractivity contribution in [3.63, 3.8) is 0 Å². The lowest BCUT2D eigenvalue weighted by Gasteiger charge is -2.09. The van der Waals surface area contributed by atoms with E-state index >= 15 is 0 Å². The predicted octanol–water partition coefficient (Wildman–Crippen LogP) is 3.18. The molecule has 5 heteroatoms. The van der Waals surface area contributed by atoms with E-state index < -0.39 is 11.7 Å². The zero-order chi connectivity index (χ0) is 13.3. The van der Waals surface area contributed by atoms with Crippen molar-refractivity contribution in [1.82, 2.24) is 4.57 Å². The van der Waals surface area contributed by atoms with Gasteiger partial charge in [-0.05, 0) is 38.1 Å². The van der Waals surface area contributed by atoms with Gasteiger partial charge in [-0.15, -0.1) is 0 Å². The number of aromatic nitrogens is 1. The third kappa shape index (κ3) is 2.10. The van der Waals surface area contributed by atoms with Gasteiger partial charge in [0.25, 0.3) is 0 Å². The highest BCUT2D eigenvalue weighted by molar-refractivity contribution is 5.85. The standard InChI is InChI=1S/C13H15F3N2/c1-2-18-9(6-7-17)8-10-11(13(14,15)16)4-3-5-12(10)18/h3-5,8H,2,6-7,17H2,1H3. The van der Waals surface area contributed by atoms with E-state index in [9.17, 15) is 13.2 Å². The van der Waals surface area contributed by atoms with E-state index in [1.807, 2.05) is 11.5 Å². The number of benzene rings is 1. The molecule has 0 bridgehead atoms. The first kappa shape index (κ1) is 13.0. The molecule has 2 rings (SSSR count). The summed E-state index contributed by atoms with van der Waals surface area (Å²) in [7, 11) is 0. The molecule has 0 fully saturated rings. The highest BCUT2D eigenvalue weighted by atomic mass is 19.4. The Morgan fingerprint density at radius 1 is 1.28 bits per heavy atom. The fraction of sp³-hybridized carbons (Fsp3) is 0.385. The third-order valence-electron chi connectivity index (χ3n) is 3.05. The zero-order valence-electron chi connectivity index (χ0n) is 10.1. The van der Waals surface area contributed by atoms with Crippen LogP contribution in [0.3, 0.4) is 0 Å². The quantitative estimate of drug-likeness (QED) is 0.898. The van der Waals surface area contributed by atoms with Gasteiger partial charge in [-0.1, -0.05) is 6.07 Å². The fourth-order valence-corrected chi connectivity index (χ4v) is 2.31. The van der Waals surface area contributed by atoms with E-state index in [1.165, 1.54) is 6.07 Å². The van der Waals surface area contributed by atoms with Gasteiger partial charge in [-0.2, -0.15) is 13.2 Å². The van der Waals surface area contributed by atoms with Gasteiger partial charge in [0.15, 0.2) is 0 Å². The lowest BCUT2D eigenvalue weighted by Crippen LogP contribution is -2.08. The molecule has 0 unspecified atom stereocenters. The molecule has 1 aromatic heterocycles. The molecule has 2 aromatic rings. The predicted molar refractivity (Wildman–Crippen MR) is 65.4 cm³/mol. The molecule has 0 saturated heterocycles. The average molecular weight is 256 g/mol. The van der Waals surface area contributed by atoms with Crippen LogP contribution in [-0.2, 0) is 19.1 Å². The maximum Gasteiger partial charge on any atom is 0.417 e. The van der Waals surface area contributed by atoms with Gasteiger partial charge in [-0.25, -0.2) is 0 Å². The van der Waals surface area contributed by atoms with E-state index in [0.29, 0.717) is 25.0 Å². The first-order valence-corrected chi connectivity index (χ1v) is 5.87. The fourth-order valence-electron chi connectivity index (χ4n) is 2.31. The van der Waals surface area contributed by atoms with E-state index in [2.05, 4.69) is 0 Å². The Bertz CT molecular complexity index is 555. The van der Waals surface area contributed by atoms with Crippen LogP contribution in [0.15, 0.2) is 24.3 Å². The average Bonchev–Trinajstić information content (AvgIpc) is 2.65. The topological polar surface area (TPSA) is 30.9 Å². The molecular formula is C13H15F3N2. The normalized spacial score (nSPS) is 12.3. The Hall–Kier alpha value is -1.49. The minimum absolute atomic E-state index is 0.260. The van der Waals surface area contributed by atoms with Crippen molar-refractivity contribution in [2.24, 2.45) is 5.73 Å². The molecule has 2 N–H and O–H groups in total. The number of aryl methyl sites for hydroxylation is 1. The number of hydrogen-bond acceptors (Lipinski definition) is 1. The van der Waals surface area contributed by atoms with Crippen molar-refractivity contribution < 1.29 is 13.2 Å². The third-order valence-corrected chi connectivity index (χ3v) is 3.05. The molecule has 0 radical (unpaired) electrons. The Labute approximate surface area is 103 Å². The second-order valence-corrected chi connectivity index (χ2v) is 4.15. The van der Waals surface area contributed by atoms with Crippen LogP contribution in [0.2, 0.25) is 0 Å². The molecule has 98 valence electrons. The van der Waals surface area contributed by atoms with E-state index in [4.69, 9.17) is 5.73 Å². The summed E-state index contributed by atoms with van der Waals surface area (Å²) in [6, 6.07) is 5.89. The molecular weight excluding hydrogens is 241 g/mol. The van der Waals surface area contributed by atoms with E-state index in [0.717, 1.165) is 11.8 Å². The zero-order valence-corrected chi connectivity index (χ0v) is 10.1. The molecule has 2 nitrogen and oxygen atoms in total. The Balaban J connectivity index is 2.71. The van der Waals surface area contributed by atoms with E-state index in [1.54, 1.807) is 12.1 Å². The minimum atomic E-state index is -4.32. The number of alkyl halides is 3. The van der Waals surface area contributed by atoms with Crippen LogP contribution in [0.4, 0.5) is 13.2 Å². The number of rotatable bonds is 3. The van der Waals surface area contributed by atoms with Crippen LogP contribution in [0, 0.1) is 0 Å². The van der Waals surface area contributed by atoms with Crippen LogP contribution < -0.4 is 5.73 Å². The summed E-state index contributed by atoms with van der Waals surface area (Å²) in [5.74, 6) is 0. The van der Waals surface area contributed by atoms with Gasteiger partial charge in [0, 0.05) is 23.1 Å². The van der Waals surface area contributed by atoms with Crippen molar-refractivity contribution in [2.75, 3.05) is 6.54 Å². The van der Waals surface area contributed by atoms with Crippen LogP contribution in [0.5, 0.6) is 0 Å². The smallest absolute Gasteiger partial charge is 0.345 e. The molecule has 0 aliphatic carbocycles. The Morgan fingerprint density at radius 2 is 2.00 bits per heavy atom. The summed E-state index contributed by atoms with van der Waals surface area (Å²) in [5, 5.41) is 0.260.